The van der Waals surface area contributed by atoms with Crippen LogP contribution >= 0.6 is 0 Å². The molecule has 0 saturated carbocycles. The molecule has 1 aromatic carbocycles. The Morgan fingerprint density at radius 3 is 2.38 bits per heavy atom. The number of carbonyl (C=O) groups is 1. The van der Waals surface area contributed by atoms with E-state index in [1.165, 1.54) is 0 Å². The summed E-state index contributed by atoms with van der Waals surface area (Å²) < 4.78 is 0. The second-order valence-electron chi connectivity index (χ2n) is 3.36. The van der Waals surface area contributed by atoms with Crippen LogP contribution in [-0.2, 0) is 4.79 Å². The molecule has 1 atom stereocenters. The number of hydrogen-bond acceptors (Lipinski definition) is 1. The summed E-state index contributed by atoms with van der Waals surface area (Å²) in [5, 5.41) is 0. The molecule has 1 nitrogen and oxygen atoms in total. The molecule has 0 aliphatic heterocycles. The molecule has 0 heterocycles. The summed E-state index contributed by atoms with van der Waals surface area (Å²) in [5.41, 5.74) is 1.15. The summed E-state index contributed by atoms with van der Waals surface area (Å²) in [6.45, 7) is 3.78. The van der Waals surface area contributed by atoms with E-state index in [9.17, 15) is 4.79 Å². The molecule has 1 heteroatoms. The van der Waals surface area contributed by atoms with Gasteiger partial charge in [-0.2, -0.15) is 0 Å². The first kappa shape index (κ1) is 9.97. The fourth-order valence-corrected chi connectivity index (χ4v) is 1.58. The molecular formula is C12H16O. The van der Waals surface area contributed by atoms with E-state index in [2.05, 4.69) is 6.92 Å². The number of benzene rings is 1. The van der Waals surface area contributed by atoms with Crippen molar-refractivity contribution in [2.45, 2.75) is 32.6 Å². The highest BCUT2D eigenvalue weighted by Gasteiger charge is 2.14. The van der Waals surface area contributed by atoms with Gasteiger partial charge in [0.25, 0.3) is 0 Å². The van der Waals surface area contributed by atoms with Gasteiger partial charge >= 0.3 is 0 Å². The van der Waals surface area contributed by atoms with Crippen LogP contribution in [0.1, 0.15) is 38.2 Å². The van der Waals surface area contributed by atoms with Gasteiger partial charge in [-0.3, -0.25) is 4.79 Å². The summed E-state index contributed by atoms with van der Waals surface area (Å²) in [6, 6.07) is 10.0. The molecule has 0 unspecified atom stereocenters. The normalized spacial score (nSPS) is 12.5. The molecule has 0 bridgehead atoms. The van der Waals surface area contributed by atoms with Gasteiger partial charge in [-0.25, -0.2) is 0 Å². The SMILES string of the molecule is CCC[C@@H](C(C)=O)c1ccccc1. The minimum atomic E-state index is 0.103. The van der Waals surface area contributed by atoms with Crippen LogP contribution in [0.3, 0.4) is 0 Å². The van der Waals surface area contributed by atoms with Gasteiger partial charge in [0.05, 0.1) is 0 Å². The van der Waals surface area contributed by atoms with Gasteiger partial charge < -0.3 is 0 Å². The van der Waals surface area contributed by atoms with Crippen molar-refractivity contribution >= 4 is 5.78 Å². The van der Waals surface area contributed by atoms with E-state index in [1.54, 1.807) is 6.92 Å². The monoisotopic (exact) mass is 176 g/mol. The molecule has 0 aromatic heterocycles. The van der Waals surface area contributed by atoms with Crippen molar-refractivity contribution in [3.63, 3.8) is 0 Å². The van der Waals surface area contributed by atoms with E-state index in [0.29, 0.717) is 0 Å². The Labute approximate surface area is 79.8 Å². The van der Waals surface area contributed by atoms with E-state index in [4.69, 9.17) is 0 Å². The molecule has 0 N–H and O–H groups in total. The molecule has 0 aliphatic rings. The maximum Gasteiger partial charge on any atom is 0.137 e. The van der Waals surface area contributed by atoms with Crippen LogP contribution in [-0.4, -0.2) is 5.78 Å². The largest absolute Gasteiger partial charge is 0.299 e. The van der Waals surface area contributed by atoms with Crippen LogP contribution in [0.2, 0.25) is 0 Å². The van der Waals surface area contributed by atoms with Crippen molar-refractivity contribution in [1.29, 1.82) is 0 Å². The second-order valence-corrected chi connectivity index (χ2v) is 3.36. The van der Waals surface area contributed by atoms with Gasteiger partial charge in [-0.05, 0) is 18.9 Å². The first-order chi connectivity index (χ1) is 6.25. The highest BCUT2D eigenvalue weighted by Crippen LogP contribution is 2.21. The van der Waals surface area contributed by atoms with Crippen LogP contribution in [0.25, 0.3) is 0 Å². The predicted molar refractivity (Wildman–Crippen MR) is 54.8 cm³/mol. The van der Waals surface area contributed by atoms with Crippen molar-refractivity contribution in [2.24, 2.45) is 0 Å². The lowest BCUT2D eigenvalue weighted by Gasteiger charge is -2.12. The van der Waals surface area contributed by atoms with Crippen LogP contribution in [0.4, 0.5) is 0 Å². The van der Waals surface area contributed by atoms with Crippen molar-refractivity contribution < 1.29 is 4.79 Å². The van der Waals surface area contributed by atoms with Gasteiger partial charge in [0.15, 0.2) is 0 Å². The summed E-state index contributed by atoms with van der Waals surface area (Å²) in [7, 11) is 0. The lowest BCUT2D eigenvalue weighted by atomic mass is 9.91. The summed E-state index contributed by atoms with van der Waals surface area (Å²) >= 11 is 0. The highest BCUT2D eigenvalue weighted by molar-refractivity contribution is 5.83. The Morgan fingerprint density at radius 2 is 1.92 bits per heavy atom. The molecule has 70 valence electrons. The van der Waals surface area contributed by atoms with Gasteiger partial charge in [-0.15, -0.1) is 0 Å². The van der Waals surface area contributed by atoms with Crippen molar-refractivity contribution in [3.8, 4) is 0 Å². The zero-order valence-corrected chi connectivity index (χ0v) is 8.29. The van der Waals surface area contributed by atoms with Gasteiger partial charge in [0, 0.05) is 5.92 Å². The topological polar surface area (TPSA) is 17.1 Å². The Kier molecular flexibility index (Phi) is 3.69. The third-order valence-corrected chi connectivity index (χ3v) is 2.27. The highest BCUT2D eigenvalue weighted by atomic mass is 16.1. The maximum atomic E-state index is 11.3. The number of carbonyl (C=O) groups excluding carboxylic acids is 1. The lowest BCUT2D eigenvalue weighted by Crippen LogP contribution is -2.08. The molecule has 0 saturated heterocycles. The Morgan fingerprint density at radius 1 is 1.31 bits per heavy atom. The Balaban J connectivity index is 2.82. The number of ketones is 1. The minimum Gasteiger partial charge on any atom is -0.299 e. The van der Waals surface area contributed by atoms with E-state index in [1.807, 2.05) is 30.3 Å². The van der Waals surface area contributed by atoms with Crippen LogP contribution in [0, 0.1) is 0 Å². The van der Waals surface area contributed by atoms with E-state index >= 15 is 0 Å². The van der Waals surface area contributed by atoms with Crippen molar-refractivity contribution in [3.05, 3.63) is 35.9 Å². The smallest absolute Gasteiger partial charge is 0.137 e. The molecule has 0 aliphatic carbocycles. The molecule has 0 radical (unpaired) electrons. The van der Waals surface area contributed by atoms with E-state index in [0.717, 1.165) is 18.4 Å². The molecule has 0 amide bonds. The number of rotatable bonds is 4. The predicted octanol–water partition coefficient (Wildman–Crippen LogP) is 3.16. The third-order valence-electron chi connectivity index (χ3n) is 2.27. The Hall–Kier alpha value is -1.11. The molecule has 1 aromatic rings. The average molecular weight is 176 g/mol. The zero-order valence-electron chi connectivity index (χ0n) is 8.29. The molecule has 0 spiro atoms. The first-order valence-corrected chi connectivity index (χ1v) is 4.81. The van der Waals surface area contributed by atoms with Crippen molar-refractivity contribution in [1.82, 2.24) is 0 Å². The molecular weight excluding hydrogens is 160 g/mol. The molecule has 1 rings (SSSR count). The zero-order chi connectivity index (χ0) is 9.68. The van der Waals surface area contributed by atoms with Crippen LogP contribution in [0.15, 0.2) is 30.3 Å². The van der Waals surface area contributed by atoms with Crippen molar-refractivity contribution in [2.75, 3.05) is 0 Å². The van der Waals surface area contributed by atoms with Crippen LogP contribution in [0.5, 0.6) is 0 Å². The van der Waals surface area contributed by atoms with Crippen LogP contribution < -0.4 is 0 Å². The summed E-state index contributed by atoms with van der Waals surface area (Å²) in [6.07, 6.45) is 2.01. The first-order valence-electron chi connectivity index (χ1n) is 4.81. The fourth-order valence-electron chi connectivity index (χ4n) is 1.58. The van der Waals surface area contributed by atoms with Gasteiger partial charge in [-0.1, -0.05) is 43.7 Å². The number of hydrogen-bond donors (Lipinski definition) is 0. The Bertz CT molecular complexity index is 264. The third kappa shape index (κ3) is 2.69. The summed E-state index contributed by atoms with van der Waals surface area (Å²) in [4.78, 5) is 11.3. The molecule has 13 heavy (non-hydrogen) atoms. The summed E-state index contributed by atoms with van der Waals surface area (Å²) in [5.74, 6) is 0.374. The molecule has 0 fully saturated rings. The van der Waals surface area contributed by atoms with E-state index < -0.39 is 0 Å². The maximum absolute atomic E-state index is 11.3. The van der Waals surface area contributed by atoms with Gasteiger partial charge in [0.1, 0.15) is 5.78 Å². The fraction of sp³-hybridized carbons (Fsp3) is 0.417. The quantitative estimate of drug-likeness (QED) is 0.688. The van der Waals surface area contributed by atoms with Gasteiger partial charge in [0.2, 0.25) is 0 Å². The second kappa shape index (κ2) is 4.80. The average Bonchev–Trinajstić information content (AvgIpc) is 2.15. The standard InChI is InChI=1S/C12H16O/c1-3-7-12(10(2)13)11-8-5-4-6-9-11/h4-6,8-9,12H,3,7H2,1-2H3/t12-/m0/s1. The van der Waals surface area contributed by atoms with E-state index in [-0.39, 0.29) is 11.7 Å². The minimum absolute atomic E-state index is 0.103. The number of Topliss-reactive ketones (excluding diaryl/α,β-unsaturated/α-hetero) is 1. The lowest BCUT2D eigenvalue weighted by molar-refractivity contribution is -0.118.